The zero-order valence-corrected chi connectivity index (χ0v) is 21.7. The minimum atomic E-state index is -0.319. The highest BCUT2D eigenvalue weighted by Crippen LogP contribution is 2.29. The summed E-state index contributed by atoms with van der Waals surface area (Å²) in [7, 11) is 1.51. The summed E-state index contributed by atoms with van der Waals surface area (Å²) in [6.07, 6.45) is 3.31. The van der Waals surface area contributed by atoms with Gasteiger partial charge in [-0.1, -0.05) is 52.8 Å². The Morgan fingerprint density at radius 2 is 1.77 bits per heavy atom. The summed E-state index contributed by atoms with van der Waals surface area (Å²) in [5.41, 5.74) is 3.43. The first-order valence-electron chi connectivity index (χ1n) is 11.5. The first-order valence-corrected chi connectivity index (χ1v) is 11.5. The highest BCUT2D eigenvalue weighted by Gasteiger charge is 2.20. The SMILES string of the molecule is COc1ncc(C(C)(C)C)cc1NC(=O)c1ccc(C)c(-n2cc(C(=O)NCC(C)(C)C)nn2)c1. The number of aromatic nitrogens is 4. The molecule has 3 rings (SSSR count). The van der Waals surface area contributed by atoms with Crippen LogP contribution in [0.4, 0.5) is 5.69 Å². The lowest BCUT2D eigenvalue weighted by Gasteiger charge is -2.20. The van der Waals surface area contributed by atoms with Crippen molar-refractivity contribution >= 4 is 17.5 Å². The summed E-state index contributed by atoms with van der Waals surface area (Å²) in [5, 5.41) is 13.9. The Bertz CT molecular complexity index is 1230. The van der Waals surface area contributed by atoms with Crippen molar-refractivity contribution in [1.29, 1.82) is 0 Å². The molecule has 0 aliphatic carbocycles. The van der Waals surface area contributed by atoms with E-state index in [9.17, 15) is 9.59 Å². The van der Waals surface area contributed by atoms with E-state index >= 15 is 0 Å². The standard InChI is InChI=1S/C26H34N6O3/c1-16-9-10-17(22(33)29-19-12-18(26(5,6)7)13-27-24(19)35-8)11-21(16)32-14-20(30-31-32)23(34)28-15-25(2,3)4/h9-14H,15H2,1-8H3,(H,28,34)(H,29,33). The van der Waals surface area contributed by atoms with E-state index in [0.717, 1.165) is 11.1 Å². The van der Waals surface area contributed by atoms with Crippen molar-refractivity contribution in [2.75, 3.05) is 19.0 Å². The molecule has 1 aromatic carbocycles. The van der Waals surface area contributed by atoms with E-state index in [1.165, 1.54) is 11.8 Å². The van der Waals surface area contributed by atoms with Crippen molar-refractivity contribution in [3.63, 3.8) is 0 Å². The lowest BCUT2D eigenvalue weighted by Crippen LogP contribution is -2.32. The second-order valence-corrected chi connectivity index (χ2v) is 10.8. The molecule has 0 radical (unpaired) electrons. The van der Waals surface area contributed by atoms with Gasteiger partial charge in [-0.25, -0.2) is 9.67 Å². The molecule has 0 saturated carbocycles. The Hall–Kier alpha value is -3.75. The van der Waals surface area contributed by atoms with E-state index in [1.807, 2.05) is 39.8 Å². The van der Waals surface area contributed by atoms with Crippen LogP contribution in [0.15, 0.2) is 36.7 Å². The van der Waals surface area contributed by atoms with Crippen LogP contribution in [0, 0.1) is 12.3 Å². The van der Waals surface area contributed by atoms with E-state index in [0.29, 0.717) is 29.4 Å². The summed E-state index contributed by atoms with van der Waals surface area (Å²) in [6, 6.07) is 7.14. The van der Waals surface area contributed by atoms with Crippen molar-refractivity contribution < 1.29 is 14.3 Å². The number of amides is 2. The lowest BCUT2D eigenvalue weighted by atomic mass is 9.88. The van der Waals surface area contributed by atoms with Crippen LogP contribution in [-0.2, 0) is 5.41 Å². The third kappa shape index (κ3) is 6.44. The van der Waals surface area contributed by atoms with Gasteiger partial charge in [0.2, 0.25) is 5.88 Å². The Morgan fingerprint density at radius 1 is 1.06 bits per heavy atom. The van der Waals surface area contributed by atoms with Gasteiger partial charge in [0.1, 0.15) is 5.69 Å². The van der Waals surface area contributed by atoms with E-state index < -0.39 is 0 Å². The number of nitrogens with one attached hydrogen (secondary N) is 2. The predicted octanol–water partition coefficient (Wildman–Crippen LogP) is 4.31. The lowest BCUT2D eigenvalue weighted by molar-refractivity contribution is 0.0933. The van der Waals surface area contributed by atoms with E-state index in [-0.39, 0.29) is 28.3 Å². The van der Waals surface area contributed by atoms with Gasteiger partial charge in [0.25, 0.3) is 11.8 Å². The van der Waals surface area contributed by atoms with Crippen LogP contribution < -0.4 is 15.4 Å². The zero-order valence-electron chi connectivity index (χ0n) is 21.7. The fourth-order valence-electron chi connectivity index (χ4n) is 3.23. The average Bonchev–Trinajstić information content (AvgIpc) is 3.26. The largest absolute Gasteiger partial charge is 0.480 e. The summed E-state index contributed by atoms with van der Waals surface area (Å²) in [4.78, 5) is 29.9. The van der Waals surface area contributed by atoms with Gasteiger partial charge in [0, 0.05) is 18.3 Å². The third-order valence-corrected chi connectivity index (χ3v) is 5.38. The number of ether oxygens (including phenoxy) is 1. The number of aryl methyl sites for hydroxylation is 1. The smallest absolute Gasteiger partial charge is 0.273 e. The summed E-state index contributed by atoms with van der Waals surface area (Å²) < 4.78 is 6.84. The molecule has 3 aromatic rings. The second-order valence-electron chi connectivity index (χ2n) is 10.8. The third-order valence-electron chi connectivity index (χ3n) is 5.38. The monoisotopic (exact) mass is 478 g/mol. The Balaban J connectivity index is 1.85. The Labute approximate surface area is 206 Å². The maximum Gasteiger partial charge on any atom is 0.273 e. The molecule has 0 fully saturated rings. The van der Waals surface area contributed by atoms with Crippen molar-refractivity contribution in [3.8, 4) is 11.6 Å². The van der Waals surface area contributed by atoms with Gasteiger partial charge in [-0.05, 0) is 47.1 Å². The van der Waals surface area contributed by atoms with Gasteiger partial charge in [0.05, 0.1) is 19.0 Å². The fourth-order valence-corrected chi connectivity index (χ4v) is 3.23. The van der Waals surface area contributed by atoms with Crippen LogP contribution in [-0.4, -0.2) is 45.4 Å². The number of carbonyl (C=O) groups excluding carboxylic acids is 2. The first-order chi connectivity index (χ1) is 16.3. The molecule has 0 aliphatic heterocycles. The summed E-state index contributed by atoms with van der Waals surface area (Å²) >= 11 is 0. The van der Waals surface area contributed by atoms with Crippen molar-refractivity contribution in [3.05, 3.63) is 59.0 Å². The molecule has 2 N–H and O–H groups in total. The molecule has 35 heavy (non-hydrogen) atoms. The number of benzene rings is 1. The highest BCUT2D eigenvalue weighted by atomic mass is 16.5. The molecule has 9 heteroatoms. The van der Waals surface area contributed by atoms with E-state index in [1.54, 1.807) is 24.5 Å². The molecule has 0 unspecified atom stereocenters. The number of nitrogens with zero attached hydrogens (tertiary/aromatic N) is 4. The fraction of sp³-hybridized carbons (Fsp3) is 0.423. The highest BCUT2D eigenvalue weighted by molar-refractivity contribution is 6.05. The van der Waals surface area contributed by atoms with E-state index in [2.05, 4.69) is 46.7 Å². The number of carbonyl (C=O) groups is 2. The van der Waals surface area contributed by atoms with Gasteiger partial charge in [0.15, 0.2) is 5.69 Å². The van der Waals surface area contributed by atoms with Gasteiger partial charge in [-0.15, -0.1) is 5.10 Å². The molecule has 0 saturated heterocycles. The number of methoxy groups -OCH3 is 1. The molecule has 2 heterocycles. The van der Waals surface area contributed by atoms with Crippen molar-refractivity contribution in [1.82, 2.24) is 25.3 Å². The van der Waals surface area contributed by atoms with Gasteiger partial charge in [-0.3, -0.25) is 9.59 Å². The molecule has 0 spiro atoms. The van der Waals surface area contributed by atoms with Crippen molar-refractivity contribution in [2.45, 2.75) is 53.9 Å². The molecule has 0 bridgehead atoms. The van der Waals surface area contributed by atoms with Crippen LogP contribution in [0.3, 0.4) is 0 Å². The molecule has 2 amide bonds. The number of anilines is 1. The molecular formula is C26H34N6O3. The maximum atomic E-state index is 13.1. The van der Waals surface area contributed by atoms with Crippen LogP contribution >= 0.6 is 0 Å². The molecule has 186 valence electrons. The molecule has 9 nitrogen and oxygen atoms in total. The molecule has 0 aliphatic rings. The molecule has 0 atom stereocenters. The van der Waals surface area contributed by atoms with Gasteiger partial charge < -0.3 is 15.4 Å². The molecular weight excluding hydrogens is 444 g/mol. The Morgan fingerprint density at radius 3 is 2.40 bits per heavy atom. The number of pyridine rings is 1. The summed E-state index contributed by atoms with van der Waals surface area (Å²) in [5.74, 6) is -0.280. The minimum absolute atomic E-state index is 0.0471. The normalized spacial score (nSPS) is 11.8. The number of rotatable bonds is 6. The topological polar surface area (TPSA) is 111 Å². The molecule has 2 aromatic heterocycles. The summed E-state index contributed by atoms with van der Waals surface area (Å²) in [6.45, 7) is 14.7. The number of hydrogen-bond acceptors (Lipinski definition) is 6. The van der Waals surface area contributed by atoms with Crippen molar-refractivity contribution in [2.24, 2.45) is 5.41 Å². The number of hydrogen-bond donors (Lipinski definition) is 2. The van der Waals surface area contributed by atoms with Crippen LogP contribution in [0.2, 0.25) is 0 Å². The first kappa shape index (κ1) is 25.9. The van der Waals surface area contributed by atoms with Crippen LogP contribution in [0.1, 0.15) is 73.5 Å². The second kappa shape index (κ2) is 9.85. The van der Waals surface area contributed by atoms with Gasteiger partial charge >= 0.3 is 0 Å². The van der Waals surface area contributed by atoms with Crippen LogP contribution in [0.5, 0.6) is 5.88 Å². The quantitative estimate of drug-likeness (QED) is 0.546. The van der Waals surface area contributed by atoms with Gasteiger partial charge in [-0.2, -0.15) is 0 Å². The van der Waals surface area contributed by atoms with E-state index in [4.69, 9.17) is 4.74 Å². The Kier molecular flexibility index (Phi) is 7.28. The zero-order chi connectivity index (χ0) is 26.0. The predicted molar refractivity (Wildman–Crippen MR) is 135 cm³/mol. The minimum Gasteiger partial charge on any atom is -0.480 e. The van der Waals surface area contributed by atoms with Crippen LogP contribution in [0.25, 0.3) is 5.69 Å². The maximum absolute atomic E-state index is 13.1. The average molecular weight is 479 g/mol.